The van der Waals surface area contributed by atoms with Crippen molar-refractivity contribution in [3.63, 3.8) is 0 Å². The fourth-order valence-electron chi connectivity index (χ4n) is 1.12. The zero-order valence-corrected chi connectivity index (χ0v) is 8.22. The highest BCUT2D eigenvalue weighted by Gasteiger charge is 2.03. The third-order valence-electron chi connectivity index (χ3n) is 1.73. The highest BCUT2D eigenvalue weighted by atomic mass is 79.9. The molecule has 3 nitrogen and oxygen atoms in total. The Hall–Kier alpha value is -0.900. The lowest BCUT2D eigenvalue weighted by Crippen LogP contribution is -1.79. The van der Waals surface area contributed by atoms with Crippen molar-refractivity contribution in [2.45, 2.75) is 13.3 Å². The topological polar surface area (TPSA) is 41.6 Å². The van der Waals surface area contributed by atoms with Crippen LogP contribution in [0.3, 0.4) is 0 Å². The number of aryl methyl sites for hydroxylation is 1. The molecule has 0 amide bonds. The minimum Gasteiger partial charge on any atom is -0.341 e. The molecule has 0 unspecified atom stereocenters. The maximum Gasteiger partial charge on any atom is 0.107 e. The molecule has 0 saturated heterocycles. The largest absolute Gasteiger partial charge is 0.341 e. The standard InChI is InChI=1S/C8H8BrN3/c1-2-7-11-6-4-10-3-5(9)8(6)12-7/h3-4H,2H2,1H3,(H,11,12). The summed E-state index contributed by atoms with van der Waals surface area (Å²) in [6.07, 6.45) is 4.45. The van der Waals surface area contributed by atoms with Gasteiger partial charge in [-0.15, -0.1) is 0 Å². The van der Waals surface area contributed by atoms with Crippen LogP contribution in [0.5, 0.6) is 0 Å². The Morgan fingerprint density at radius 1 is 1.50 bits per heavy atom. The molecule has 2 rings (SSSR count). The molecule has 0 aromatic carbocycles. The summed E-state index contributed by atoms with van der Waals surface area (Å²) in [6, 6.07) is 0. The third-order valence-corrected chi connectivity index (χ3v) is 2.31. The maximum absolute atomic E-state index is 4.39. The fourth-order valence-corrected chi connectivity index (χ4v) is 1.54. The predicted octanol–water partition coefficient (Wildman–Crippen LogP) is 2.28. The summed E-state index contributed by atoms with van der Waals surface area (Å²) in [5, 5.41) is 0. The number of H-pyrrole nitrogens is 1. The van der Waals surface area contributed by atoms with E-state index in [-0.39, 0.29) is 0 Å². The van der Waals surface area contributed by atoms with Crippen LogP contribution in [-0.2, 0) is 6.42 Å². The lowest BCUT2D eigenvalue weighted by Gasteiger charge is -1.87. The second kappa shape index (κ2) is 2.86. The second-order valence-electron chi connectivity index (χ2n) is 2.55. The van der Waals surface area contributed by atoms with E-state index in [1.807, 2.05) is 0 Å². The number of hydrogen-bond donors (Lipinski definition) is 1. The Bertz CT molecular complexity index is 408. The van der Waals surface area contributed by atoms with E-state index in [0.29, 0.717) is 0 Å². The number of rotatable bonds is 1. The first-order valence-electron chi connectivity index (χ1n) is 3.79. The first-order chi connectivity index (χ1) is 5.81. The molecule has 4 heteroatoms. The average Bonchev–Trinajstić information content (AvgIpc) is 2.49. The van der Waals surface area contributed by atoms with Crippen LogP contribution in [0.25, 0.3) is 11.0 Å². The molecule has 0 spiro atoms. The Balaban J connectivity index is 2.74. The number of aromatic amines is 1. The minimum absolute atomic E-state index is 0.918. The van der Waals surface area contributed by atoms with E-state index in [2.05, 4.69) is 37.8 Å². The van der Waals surface area contributed by atoms with Gasteiger partial charge in [-0.05, 0) is 15.9 Å². The molecule has 0 aliphatic rings. The Kier molecular flexibility index (Phi) is 1.84. The van der Waals surface area contributed by atoms with Crippen LogP contribution in [0.4, 0.5) is 0 Å². The van der Waals surface area contributed by atoms with E-state index in [1.54, 1.807) is 12.4 Å². The number of imidazole rings is 1. The van der Waals surface area contributed by atoms with Crippen molar-refractivity contribution in [2.75, 3.05) is 0 Å². The van der Waals surface area contributed by atoms with E-state index in [0.717, 1.165) is 27.8 Å². The molecule has 2 aromatic rings. The van der Waals surface area contributed by atoms with Crippen molar-refractivity contribution in [1.29, 1.82) is 0 Å². The van der Waals surface area contributed by atoms with Crippen LogP contribution in [-0.4, -0.2) is 15.0 Å². The van der Waals surface area contributed by atoms with Crippen molar-refractivity contribution >= 4 is 27.0 Å². The predicted molar refractivity (Wildman–Crippen MR) is 51.0 cm³/mol. The number of aromatic nitrogens is 3. The quantitative estimate of drug-likeness (QED) is 0.810. The number of hydrogen-bond acceptors (Lipinski definition) is 2. The first kappa shape index (κ1) is 7.73. The molecule has 0 saturated carbocycles. The smallest absolute Gasteiger partial charge is 0.107 e. The molecular formula is C8H8BrN3. The average molecular weight is 226 g/mol. The Labute approximate surface area is 78.4 Å². The zero-order valence-electron chi connectivity index (χ0n) is 6.63. The van der Waals surface area contributed by atoms with E-state index < -0.39 is 0 Å². The molecule has 2 aromatic heterocycles. The monoisotopic (exact) mass is 225 g/mol. The van der Waals surface area contributed by atoms with Gasteiger partial charge in [-0.3, -0.25) is 4.98 Å². The summed E-state index contributed by atoms with van der Waals surface area (Å²) in [5.74, 6) is 0.999. The molecule has 0 bridgehead atoms. The Morgan fingerprint density at radius 3 is 3.00 bits per heavy atom. The van der Waals surface area contributed by atoms with Crippen molar-refractivity contribution in [3.8, 4) is 0 Å². The molecule has 1 N–H and O–H groups in total. The molecule has 62 valence electrons. The number of pyridine rings is 1. The van der Waals surface area contributed by atoms with Gasteiger partial charge < -0.3 is 4.98 Å². The van der Waals surface area contributed by atoms with Crippen molar-refractivity contribution < 1.29 is 0 Å². The summed E-state index contributed by atoms with van der Waals surface area (Å²) >= 11 is 3.39. The second-order valence-corrected chi connectivity index (χ2v) is 3.41. The van der Waals surface area contributed by atoms with Crippen LogP contribution in [0, 0.1) is 0 Å². The van der Waals surface area contributed by atoms with Crippen LogP contribution in [0.15, 0.2) is 16.9 Å². The zero-order chi connectivity index (χ0) is 8.55. The highest BCUT2D eigenvalue weighted by Crippen LogP contribution is 2.19. The van der Waals surface area contributed by atoms with Gasteiger partial charge in [0.25, 0.3) is 0 Å². The van der Waals surface area contributed by atoms with Gasteiger partial charge in [0.1, 0.15) is 11.3 Å². The van der Waals surface area contributed by atoms with Gasteiger partial charge in [-0.2, -0.15) is 0 Å². The molecule has 0 atom stereocenters. The molecule has 0 fully saturated rings. The van der Waals surface area contributed by atoms with E-state index >= 15 is 0 Å². The van der Waals surface area contributed by atoms with Gasteiger partial charge in [0.05, 0.1) is 16.2 Å². The van der Waals surface area contributed by atoms with Gasteiger partial charge >= 0.3 is 0 Å². The summed E-state index contributed by atoms with van der Waals surface area (Å²) in [6.45, 7) is 2.07. The first-order valence-corrected chi connectivity index (χ1v) is 4.58. The number of fused-ring (bicyclic) bond motifs is 1. The highest BCUT2D eigenvalue weighted by molar-refractivity contribution is 9.10. The normalized spacial score (nSPS) is 10.8. The molecule has 0 aliphatic heterocycles. The maximum atomic E-state index is 4.39. The lowest BCUT2D eigenvalue weighted by atomic mass is 10.4. The van der Waals surface area contributed by atoms with Crippen molar-refractivity contribution in [3.05, 3.63) is 22.7 Å². The SMILES string of the molecule is CCc1nc2c(Br)cncc2[nH]1. The van der Waals surface area contributed by atoms with E-state index in [4.69, 9.17) is 0 Å². The lowest BCUT2D eigenvalue weighted by molar-refractivity contribution is 1.000. The molecular weight excluding hydrogens is 218 g/mol. The number of nitrogens with one attached hydrogen (secondary N) is 1. The van der Waals surface area contributed by atoms with Gasteiger partial charge in [0, 0.05) is 12.6 Å². The molecule has 12 heavy (non-hydrogen) atoms. The summed E-state index contributed by atoms with van der Waals surface area (Å²) in [4.78, 5) is 11.6. The summed E-state index contributed by atoms with van der Waals surface area (Å²) in [7, 11) is 0. The van der Waals surface area contributed by atoms with Gasteiger partial charge in [0.2, 0.25) is 0 Å². The van der Waals surface area contributed by atoms with Gasteiger partial charge in [0.15, 0.2) is 0 Å². The summed E-state index contributed by atoms with van der Waals surface area (Å²) in [5.41, 5.74) is 1.95. The van der Waals surface area contributed by atoms with E-state index in [9.17, 15) is 0 Å². The van der Waals surface area contributed by atoms with Crippen LogP contribution in [0.2, 0.25) is 0 Å². The van der Waals surface area contributed by atoms with Crippen LogP contribution in [0.1, 0.15) is 12.7 Å². The van der Waals surface area contributed by atoms with Crippen LogP contribution >= 0.6 is 15.9 Å². The number of nitrogens with zero attached hydrogens (tertiary/aromatic N) is 2. The van der Waals surface area contributed by atoms with Gasteiger partial charge in [-0.25, -0.2) is 4.98 Å². The molecule has 2 heterocycles. The Morgan fingerprint density at radius 2 is 2.33 bits per heavy atom. The third kappa shape index (κ3) is 1.12. The van der Waals surface area contributed by atoms with Crippen molar-refractivity contribution in [1.82, 2.24) is 15.0 Å². The summed E-state index contributed by atoms with van der Waals surface area (Å²) < 4.78 is 0.941. The van der Waals surface area contributed by atoms with Gasteiger partial charge in [-0.1, -0.05) is 6.92 Å². The molecule has 0 aliphatic carbocycles. The molecule has 0 radical (unpaired) electrons. The fraction of sp³-hybridized carbons (Fsp3) is 0.250. The van der Waals surface area contributed by atoms with E-state index in [1.165, 1.54) is 0 Å². The minimum atomic E-state index is 0.918. The van der Waals surface area contributed by atoms with Crippen LogP contribution < -0.4 is 0 Å². The number of halogens is 1. The van der Waals surface area contributed by atoms with Crippen molar-refractivity contribution in [2.24, 2.45) is 0 Å².